The summed E-state index contributed by atoms with van der Waals surface area (Å²) in [7, 11) is 3.54. The summed E-state index contributed by atoms with van der Waals surface area (Å²) in [5.74, 6) is 0.874. The molecule has 0 aliphatic heterocycles. The van der Waals surface area contributed by atoms with Crippen LogP contribution in [0.4, 0.5) is 0 Å². The first kappa shape index (κ1) is 25.6. The lowest BCUT2D eigenvalue weighted by molar-refractivity contribution is 0.0827. The zero-order valence-corrected chi connectivity index (χ0v) is 22.0. The van der Waals surface area contributed by atoms with E-state index in [0.29, 0.717) is 12.1 Å². The van der Waals surface area contributed by atoms with Crippen molar-refractivity contribution in [2.75, 3.05) is 27.2 Å². The van der Waals surface area contributed by atoms with Gasteiger partial charge >= 0.3 is 0 Å². The van der Waals surface area contributed by atoms with Crippen molar-refractivity contribution in [1.82, 2.24) is 15.5 Å². The average molecular weight is 555 g/mol. The van der Waals surface area contributed by atoms with Crippen LogP contribution in [0.15, 0.2) is 46.8 Å². The van der Waals surface area contributed by atoms with Gasteiger partial charge in [-0.15, -0.1) is 35.3 Å². The van der Waals surface area contributed by atoms with Crippen LogP contribution in [0.3, 0.4) is 0 Å². The molecule has 2 N–H and O–H groups in total. The van der Waals surface area contributed by atoms with E-state index in [0.717, 1.165) is 24.6 Å². The topological polar surface area (TPSA) is 56.7 Å². The van der Waals surface area contributed by atoms with Crippen molar-refractivity contribution in [3.63, 3.8) is 0 Å². The molecule has 0 unspecified atom stereocenters. The number of thiophene rings is 1. The lowest BCUT2D eigenvalue weighted by Crippen LogP contribution is -2.46. The maximum absolute atomic E-state index is 12.0. The van der Waals surface area contributed by atoms with E-state index in [2.05, 4.69) is 35.1 Å². The smallest absolute Gasteiger partial charge is 0.253 e. The summed E-state index contributed by atoms with van der Waals surface area (Å²) < 4.78 is 0. The number of guanidine groups is 1. The van der Waals surface area contributed by atoms with E-state index in [-0.39, 0.29) is 35.3 Å². The van der Waals surface area contributed by atoms with Crippen molar-refractivity contribution in [2.45, 2.75) is 51.0 Å². The van der Waals surface area contributed by atoms with E-state index in [9.17, 15) is 4.79 Å². The zero-order chi connectivity index (χ0) is 21.4. The fraction of sp³-hybridized carbons (Fsp3) is 0.500. The van der Waals surface area contributed by atoms with Crippen LogP contribution >= 0.6 is 35.3 Å². The van der Waals surface area contributed by atoms with Crippen molar-refractivity contribution in [3.05, 3.63) is 57.8 Å². The van der Waals surface area contributed by atoms with Gasteiger partial charge in [0, 0.05) is 43.0 Å². The van der Waals surface area contributed by atoms with Crippen molar-refractivity contribution in [3.8, 4) is 0 Å². The minimum Gasteiger partial charge on any atom is -0.357 e. The van der Waals surface area contributed by atoms with Crippen LogP contribution in [-0.2, 0) is 12.0 Å². The van der Waals surface area contributed by atoms with Gasteiger partial charge in [0.1, 0.15) is 0 Å². The first-order valence-electron chi connectivity index (χ1n) is 10.9. The Morgan fingerprint density at radius 1 is 1.10 bits per heavy atom. The second kappa shape index (κ2) is 12.4. The Kier molecular flexibility index (Phi) is 10.3. The van der Waals surface area contributed by atoms with Gasteiger partial charge < -0.3 is 15.5 Å². The number of halogens is 1. The molecule has 0 saturated heterocycles. The van der Waals surface area contributed by atoms with Gasteiger partial charge in [-0.1, -0.05) is 37.5 Å². The normalized spacial score (nSPS) is 15.6. The molecule has 1 amide bonds. The van der Waals surface area contributed by atoms with Crippen LogP contribution in [-0.4, -0.2) is 44.0 Å². The van der Waals surface area contributed by atoms with Crippen LogP contribution in [0.5, 0.6) is 0 Å². The number of hydrogen-bond acceptors (Lipinski definition) is 3. The number of nitrogens with zero attached hydrogens (tertiary/aromatic N) is 2. The van der Waals surface area contributed by atoms with Gasteiger partial charge in [0.25, 0.3) is 5.91 Å². The molecule has 0 bridgehead atoms. The Balaban J connectivity index is 0.00000341. The molecular weight excluding hydrogens is 519 g/mol. The summed E-state index contributed by atoms with van der Waals surface area (Å²) in [5, 5.41) is 9.19. The first-order valence-corrected chi connectivity index (χ1v) is 11.8. The Hall–Kier alpha value is -1.61. The minimum absolute atomic E-state index is 0. The minimum atomic E-state index is 0. The maximum atomic E-state index is 12.0. The number of carbonyl (C=O) groups is 1. The second-order valence-electron chi connectivity index (χ2n) is 8.26. The van der Waals surface area contributed by atoms with E-state index < -0.39 is 0 Å². The zero-order valence-electron chi connectivity index (χ0n) is 18.8. The van der Waals surface area contributed by atoms with Gasteiger partial charge in [-0.3, -0.25) is 4.79 Å². The van der Waals surface area contributed by atoms with Crippen LogP contribution in [0, 0.1) is 0 Å². The summed E-state index contributed by atoms with van der Waals surface area (Å²) in [6.45, 7) is 4.41. The molecule has 0 spiro atoms. The van der Waals surface area contributed by atoms with E-state index in [4.69, 9.17) is 4.99 Å². The van der Waals surface area contributed by atoms with Crippen molar-refractivity contribution in [1.29, 1.82) is 0 Å². The second-order valence-corrected chi connectivity index (χ2v) is 9.21. The molecule has 0 radical (unpaired) electrons. The molecule has 5 nitrogen and oxygen atoms in total. The molecule has 170 valence electrons. The highest BCUT2D eigenvalue weighted by molar-refractivity contribution is 14.0. The number of rotatable bonds is 7. The quantitative estimate of drug-likeness (QED) is 0.287. The third-order valence-electron chi connectivity index (χ3n) is 5.82. The highest BCUT2D eigenvalue weighted by Crippen LogP contribution is 2.41. The SMILES string of the molecule is CCNC(=NCc1ccc(C(=O)N(C)C)cc1)NCC1(c2cccs2)CCCCC1.I. The Morgan fingerprint density at radius 2 is 1.81 bits per heavy atom. The number of carbonyl (C=O) groups excluding carboxylic acids is 1. The third-order valence-corrected chi connectivity index (χ3v) is 6.94. The van der Waals surface area contributed by atoms with Gasteiger partial charge in [0.05, 0.1) is 6.54 Å². The molecule has 1 aliphatic carbocycles. The van der Waals surface area contributed by atoms with Crippen molar-refractivity contribution >= 4 is 47.2 Å². The molecule has 1 saturated carbocycles. The lowest BCUT2D eigenvalue weighted by atomic mass is 9.73. The number of amides is 1. The monoisotopic (exact) mass is 554 g/mol. The summed E-state index contributed by atoms with van der Waals surface area (Å²) >= 11 is 1.88. The van der Waals surface area contributed by atoms with Crippen molar-refractivity contribution < 1.29 is 4.79 Å². The number of benzene rings is 1. The molecule has 0 atom stereocenters. The van der Waals surface area contributed by atoms with Crippen LogP contribution in [0.25, 0.3) is 0 Å². The first-order chi connectivity index (χ1) is 14.5. The third kappa shape index (κ3) is 6.94. The predicted octanol–water partition coefficient (Wildman–Crippen LogP) is 5.03. The summed E-state index contributed by atoms with van der Waals surface area (Å²) in [5.41, 5.74) is 2.01. The number of nitrogens with one attached hydrogen (secondary N) is 2. The van der Waals surface area contributed by atoms with E-state index in [1.807, 2.05) is 35.6 Å². The number of aliphatic imine (C=N–C) groups is 1. The molecule has 31 heavy (non-hydrogen) atoms. The molecule has 2 aromatic rings. The van der Waals surface area contributed by atoms with E-state index >= 15 is 0 Å². The molecule has 1 fully saturated rings. The largest absolute Gasteiger partial charge is 0.357 e. The fourth-order valence-corrected chi connectivity index (χ4v) is 5.08. The highest BCUT2D eigenvalue weighted by atomic mass is 127. The summed E-state index contributed by atoms with van der Waals surface area (Å²) in [4.78, 5) is 19.9. The average Bonchev–Trinajstić information content (AvgIpc) is 3.32. The van der Waals surface area contributed by atoms with Gasteiger partial charge in [0.15, 0.2) is 5.96 Å². The van der Waals surface area contributed by atoms with Gasteiger partial charge in [-0.25, -0.2) is 4.99 Å². The molecule has 1 aromatic heterocycles. The molecular formula is C24H35IN4OS. The van der Waals surface area contributed by atoms with E-state index in [1.165, 1.54) is 37.0 Å². The highest BCUT2D eigenvalue weighted by Gasteiger charge is 2.34. The molecule has 1 aromatic carbocycles. The van der Waals surface area contributed by atoms with Gasteiger partial charge in [-0.05, 0) is 48.9 Å². The summed E-state index contributed by atoms with van der Waals surface area (Å²) in [6, 6.07) is 12.2. The van der Waals surface area contributed by atoms with Gasteiger partial charge in [-0.2, -0.15) is 0 Å². The van der Waals surface area contributed by atoms with Crippen LogP contribution < -0.4 is 10.6 Å². The molecule has 3 rings (SSSR count). The lowest BCUT2D eigenvalue weighted by Gasteiger charge is -2.37. The maximum Gasteiger partial charge on any atom is 0.253 e. The van der Waals surface area contributed by atoms with Crippen LogP contribution in [0.2, 0.25) is 0 Å². The fourth-order valence-electron chi connectivity index (χ4n) is 4.10. The molecule has 7 heteroatoms. The van der Waals surface area contributed by atoms with Crippen LogP contribution in [0.1, 0.15) is 59.8 Å². The molecule has 1 heterocycles. The van der Waals surface area contributed by atoms with Gasteiger partial charge in [0.2, 0.25) is 0 Å². The number of hydrogen-bond donors (Lipinski definition) is 2. The Morgan fingerprint density at radius 3 is 2.39 bits per heavy atom. The Labute approximate surface area is 207 Å². The summed E-state index contributed by atoms with van der Waals surface area (Å²) in [6.07, 6.45) is 6.41. The van der Waals surface area contributed by atoms with E-state index in [1.54, 1.807) is 19.0 Å². The predicted molar refractivity (Wildman–Crippen MR) is 142 cm³/mol. The molecule has 1 aliphatic rings. The van der Waals surface area contributed by atoms with Crippen molar-refractivity contribution in [2.24, 2.45) is 4.99 Å². The Bertz CT molecular complexity index is 828. The standard InChI is InChI=1S/C24H34N4OS.HI/c1-4-25-23(26-17-19-10-12-20(13-11-19)22(29)28(2)3)27-18-24(14-6-5-7-15-24)21-9-8-16-30-21;/h8-13,16H,4-7,14-15,17-18H2,1-3H3,(H2,25,26,27);1H.